The summed E-state index contributed by atoms with van der Waals surface area (Å²) in [6.07, 6.45) is 2.86. The number of rotatable bonds is 0. The molecule has 3 heteroatoms. The topological polar surface area (TPSA) is 56.2 Å². The molecule has 1 aliphatic rings. The number of nitrogen functional groups attached to an aromatic ring is 1. The summed E-state index contributed by atoms with van der Waals surface area (Å²) in [7, 11) is 0. The van der Waals surface area contributed by atoms with Crippen molar-refractivity contribution in [2.45, 2.75) is 19.3 Å². The van der Waals surface area contributed by atoms with Crippen molar-refractivity contribution < 1.29 is 4.42 Å². The fraction of sp³-hybridized carbons (Fsp3) is 0.250. The van der Waals surface area contributed by atoms with Crippen LogP contribution in [0.5, 0.6) is 0 Å². The lowest BCUT2D eigenvalue weighted by Gasteiger charge is -2.03. The first-order valence-electron chi connectivity index (χ1n) is 5.10. The van der Waals surface area contributed by atoms with E-state index in [-0.39, 0.29) is 5.63 Å². The Kier molecular flexibility index (Phi) is 1.63. The maximum Gasteiger partial charge on any atom is 0.339 e. The minimum Gasteiger partial charge on any atom is -0.422 e. The van der Waals surface area contributed by atoms with Crippen molar-refractivity contribution in [1.29, 1.82) is 0 Å². The number of hydrogen-bond acceptors (Lipinski definition) is 3. The van der Waals surface area contributed by atoms with Gasteiger partial charge in [-0.2, -0.15) is 0 Å². The van der Waals surface area contributed by atoms with Crippen molar-refractivity contribution in [3.8, 4) is 0 Å². The molecule has 0 aliphatic heterocycles. The molecule has 0 fully saturated rings. The van der Waals surface area contributed by atoms with Crippen LogP contribution >= 0.6 is 0 Å². The molecule has 15 heavy (non-hydrogen) atoms. The standard InChI is InChI=1S/C12H11NO2/c13-7-4-5-9-8-2-1-3-10(8)12(14)15-11(9)6-7/h4-6H,1-3,13H2. The summed E-state index contributed by atoms with van der Waals surface area (Å²) >= 11 is 0. The third-order valence-electron chi connectivity index (χ3n) is 3.00. The molecular weight excluding hydrogens is 190 g/mol. The van der Waals surface area contributed by atoms with Crippen LogP contribution in [0.25, 0.3) is 11.0 Å². The Balaban J connectivity index is 2.48. The Bertz CT molecular complexity index is 598. The van der Waals surface area contributed by atoms with Crippen molar-refractivity contribution in [3.63, 3.8) is 0 Å². The highest BCUT2D eigenvalue weighted by molar-refractivity contribution is 5.84. The zero-order chi connectivity index (χ0) is 10.4. The molecule has 1 heterocycles. The number of anilines is 1. The summed E-state index contributed by atoms with van der Waals surface area (Å²) in [5, 5.41) is 1.04. The molecule has 0 saturated carbocycles. The molecule has 1 aromatic heterocycles. The van der Waals surface area contributed by atoms with Gasteiger partial charge in [-0.05, 0) is 37.0 Å². The van der Waals surface area contributed by atoms with E-state index in [1.54, 1.807) is 6.07 Å². The SMILES string of the molecule is Nc1ccc2c3c(c(=O)oc2c1)CCC3. The van der Waals surface area contributed by atoms with Crippen molar-refractivity contribution >= 4 is 16.7 Å². The van der Waals surface area contributed by atoms with Gasteiger partial charge in [-0.15, -0.1) is 0 Å². The zero-order valence-electron chi connectivity index (χ0n) is 8.25. The van der Waals surface area contributed by atoms with Crippen LogP contribution in [0.4, 0.5) is 5.69 Å². The number of fused-ring (bicyclic) bond motifs is 3. The van der Waals surface area contributed by atoms with E-state index in [0.29, 0.717) is 11.3 Å². The number of benzene rings is 1. The van der Waals surface area contributed by atoms with Crippen LogP contribution in [0.2, 0.25) is 0 Å². The molecule has 3 rings (SSSR count). The molecule has 0 bridgehead atoms. The molecule has 1 aliphatic carbocycles. The molecular formula is C12H11NO2. The van der Waals surface area contributed by atoms with Crippen molar-refractivity contribution in [2.24, 2.45) is 0 Å². The molecule has 1 aromatic carbocycles. The van der Waals surface area contributed by atoms with Crippen LogP contribution in [0.3, 0.4) is 0 Å². The van der Waals surface area contributed by atoms with E-state index in [1.165, 1.54) is 0 Å². The first-order valence-corrected chi connectivity index (χ1v) is 5.10. The molecule has 0 radical (unpaired) electrons. The minimum absolute atomic E-state index is 0.194. The first-order chi connectivity index (χ1) is 7.25. The lowest BCUT2D eigenvalue weighted by Crippen LogP contribution is -2.06. The molecule has 76 valence electrons. The van der Waals surface area contributed by atoms with Crippen LogP contribution in [0, 0.1) is 0 Å². The normalized spacial score (nSPS) is 14.4. The number of nitrogens with two attached hydrogens (primary N) is 1. The third kappa shape index (κ3) is 1.16. The van der Waals surface area contributed by atoms with Gasteiger partial charge in [0.15, 0.2) is 0 Å². The van der Waals surface area contributed by atoms with Crippen LogP contribution in [-0.4, -0.2) is 0 Å². The van der Waals surface area contributed by atoms with Gasteiger partial charge in [0.05, 0.1) is 0 Å². The molecule has 0 saturated heterocycles. The molecule has 0 amide bonds. The first kappa shape index (κ1) is 8.53. The summed E-state index contributed by atoms with van der Waals surface area (Å²) in [6, 6.07) is 5.51. The van der Waals surface area contributed by atoms with E-state index < -0.39 is 0 Å². The maximum absolute atomic E-state index is 11.6. The average molecular weight is 201 g/mol. The lowest BCUT2D eigenvalue weighted by molar-refractivity contribution is 0.552. The average Bonchev–Trinajstić information content (AvgIpc) is 2.66. The molecule has 0 atom stereocenters. The monoisotopic (exact) mass is 201 g/mol. The summed E-state index contributed by atoms with van der Waals surface area (Å²) in [5.41, 5.74) is 8.71. The maximum atomic E-state index is 11.6. The van der Waals surface area contributed by atoms with Crippen molar-refractivity contribution in [1.82, 2.24) is 0 Å². The number of hydrogen-bond donors (Lipinski definition) is 1. The second-order valence-corrected chi connectivity index (χ2v) is 3.96. The van der Waals surface area contributed by atoms with E-state index in [0.717, 1.165) is 35.8 Å². The van der Waals surface area contributed by atoms with E-state index >= 15 is 0 Å². The van der Waals surface area contributed by atoms with E-state index in [4.69, 9.17) is 10.2 Å². The van der Waals surface area contributed by atoms with Gasteiger partial charge in [0, 0.05) is 22.7 Å². The van der Waals surface area contributed by atoms with Gasteiger partial charge < -0.3 is 10.2 Å². The highest BCUT2D eigenvalue weighted by Gasteiger charge is 2.19. The molecule has 2 aromatic rings. The predicted octanol–water partition coefficient (Wildman–Crippen LogP) is 1.86. The minimum atomic E-state index is -0.194. The Morgan fingerprint density at radius 1 is 1.20 bits per heavy atom. The third-order valence-corrected chi connectivity index (χ3v) is 3.00. The van der Waals surface area contributed by atoms with Crippen LogP contribution in [0.1, 0.15) is 17.5 Å². The quantitative estimate of drug-likeness (QED) is 0.523. The zero-order valence-corrected chi connectivity index (χ0v) is 8.25. The predicted molar refractivity (Wildman–Crippen MR) is 58.9 cm³/mol. The Morgan fingerprint density at radius 3 is 2.87 bits per heavy atom. The van der Waals surface area contributed by atoms with Crippen LogP contribution < -0.4 is 11.4 Å². The van der Waals surface area contributed by atoms with Crippen molar-refractivity contribution in [3.05, 3.63) is 39.7 Å². The van der Waals surface area contributed by atoms with E-state index in [1.807, 2.05) is 12.1 Å². The molecule has 0 spiro atoms. The van der Waals surface area contributed by atoms with Crippen molar-refractivity contribution in [2.75, 3.05) is 5.73 Å². The fourth-order valence-corrected chi connectivity index (χ4v) is 2.30. The molecule has 2 N–H and O–H groups in total. The largest absolute Gasteiger partial charge is 0.422 e. The Hall–Kier alpha value is -1.77. The van der Waals surface area contributed by atoms with Gasteiger partial charge in [0.1, 0.15) is 5.58 Å². The van der Waals surface area contributed by atoms with Gasteiger partial charge in [-0.3, -0.25) is 0 Å². The van der Waals surface area contributed by atoms with Gasteiger partial charge in [-0.25, -0.2) is 4.79 Å². The van der Waals surface area contributed by atoms with Crippen LogP contribution in [-0.2, 0) is 12.8 Å². The summed E-state index contributed by atoms with van der Waals surface area (Å²) in [4.78, 5) is 11.6. The van der Waals surface area contributed by atoms with Gasteiger partial charge in [0.2, 0.25) is 0 Å². The Morgan fingerprint density at radius 2 is 2.00 bits per heavy atom. The summed E-state index contributed by atoms with van der Waals surface area (Å²) < 4.78 is 5.25. The molecule has 3 nitrogen and oxygen atoms in total. The van der Waals surface area contributed by atoms with Gasteiger partial charge in [-0.1, -0.05) is 0 Å². The molecule has 0 unspecified atom stereocenters. The van der Waals surface area contributed by atoms with Crippen LogP contribution in [0.15, 0.2) is 27.4 Å². The Labute approximate surface area is 86.5 Å². The van der Waals surface area contributed by atoms with E-state index in [2.05, 4.69) is 0 Å². The second-order valence-electron chi connectivity index (χ2n) is 3.96. The van der Waals surface area contributed by atoms with Gasteiger partial charge >= 0.3 is 5.63 Å². The number of aryl methyl sites for hydroxylation is 1. The summed E-state index contributed by atoms with van der Waals surface area (Å²) in [6.45, 7) is 0. The highest BCUT2D eigenvalue weighted by atomic mass is 16.4. The fourth-order valence-electron chi connectivity index (χ4n) is 2.30. The van der Waals surface area contributed by atoms with Gasteiger partial charge in [0.25, 0.3) is 0 Å². The summed E-state index contributed by atoms with van der Waals surface area (Å²) in [5.74, 6) is 0. The van der Waals surface area contributed by atoms with E-state index in [9.17, 15) is 4.79 Å². The lowest BCUT2D eigenvalue weighted by atomic mass is 10.1. The smallest absolute Gasteiger partial charge is 0.339 e. The highest BCUT2D eigenvalue weighted by Crippen LogP contribution is 2.28. The second kappa shape index (κ2) is 2.86.